The molecule has 9 nitrogen and oxygen atoms in total. The van der Waals surface area contributed by atoms with Crippen molar-refractivity contribution in [2.75, 3.05) is 45.4 Å². The molecule has 0 radical (unpaired) electrons. The molecule has 7 rings (SSSR count). The number of halogens is 5. The van der Waals surface area contributed by atoms with Crippen molar-refractivity contribution in [3.05, 3.63) is 137 Å². The summed E-state index contributed by atoms with van der Waals surface area (Å²) in [4.78, 5) is 17.2. The molecule has 6 aromatic rings. The van der Waals surface area contributed by atoms with Crippen LogP contribution in [-0.2, 0) is 16.9 Å². The number of carbonyl (C=O) groups is 1. The van der Waals surface area contributed by atoms with Gasteiger partial charge in [-0.2, -0.15) is 13.2 Å². The molecular formula is C42H36Cl2F3N5O4S3. The van der Waals surface area contributed by atoms with E-state index in [9.17, 15) is 31.5 Å². The Labute approximate surface area is 358 Å². The number of aromatic carboxylic acids is 1. The first-order chi connectivity index (χ1) is 28.1. The molecule has 59 heavy (non-hydrogen) atoms. The molecule has 1 aliphatic heterocycles. The van der Waals surface area contributed by atoms with Crippen LogP contribution in [0.2, 0.25) is 10.0 Å². The Morgan fingerprint density at radius 3 is 1.98 bits per heavy atom. The molecule has 0 amide bonds. The number of piperazine rings is 1. The summed E-state index contributed by atoms with van der Waals surface area (Å²) in [5, 5.41) is 11.4. The Hall–Kier alpha value is -4.93. The van der Waals surface area contributed by atoms with E-state index < -0.39 is 26.2 Å². The van der Waals surface area contributed by atoms with Crippen LogP contribution < -0.4 is 19.2 Å². The number of nitrogens with zero attached hydrogens (tertiary/aromatic N) is 3. The average molecular weight is 899 g/mol. The van der Waals surface area contributed by atoms with Gasteiger partial charge in [-0.25, -0.2) is 13.2 Å². The molecule has 0 saturated carbocycles. The number of carboxylic acid groups (broad SMARTS) is 1. The second-order valence-electron chi connectivity index (χ2n) is 13.6. The van der Waals surface area contributed by atoms with Crippen LogP contribution >= 0.6 is 47.1 Å². The third kappa shape index (κ3) is 9.14. The van der Waals surface area contributed by atoms with Gasteiger partial charge in [0.1, 0.15) is 4.90 Å². The second-order valence-corrected chi connectivity index (χ2v) is 18.1. The highest BCUT2D eigenvalue weighted by Gasteiger charge is 2.48. The quantitative estimate of drug-likeness (QED) is 0.103. The topological polar surface area (TPSA) is 107 Å². The zero-order chi connectivity index (χ0) is 42.1. The molecule has 306 valence electrons. The summed E-state index contributed by atoms with van der Waals surface area (Å²) in [6, 6.07) is 33.2. The predicted molar refractivity (Wildman–Crippen MR) is 234 cm³/mol. The van der Waals surface area contributed by atoms with Crippen molar-refractivity contribution >= 4 is 85.7 Å². The third-order valence-electron chi connectivity index (χ3n) is 9.92. The molecular weight excluding hydrogens is 863 g/mol. The number of anilines is 4. The van der Waals surface area contributed by atoms with Crippen LogP contribution in [-0.4, -0.2) is 55.7 Å². The molecule has 0 unspecified atom stereocenters. The van der Waals surface area contributed by atoms with E-state index in [1.807, 2.05) is 60.1 Å². The predicted octanol–water partition coefficient (Wildman–Crippen LogP) is 11.5. The first-order valence-electron chi connectivity index (χ1n) is 18.1. The van der Waals surface area contributed by atoms with Gasteiger partial charge >= 0.3 is 11.5 Å². The van der Waals surface area contributed by atoms with Crippen LogP contribution in [0.1, 0.15) is 16.1 Å². The minimum atomic E-state index is -5.65. The number of hydrogen-bond donors (Lipinski definition) is 3. The summed E-state index contributed by atoms with van der Waals surface area (Å²) < 4.78 is 73.9. The number of rotatable bonds is 12. The highest BCUT2D eigenvalue weighted by atomic mass is 35.5. The Bertz CT molecular complexity index is 2600. The van der Waals surface area contributed by atoms with E-state index in [4.69, 9.17) is 23.2 Å². The summed E-state index contributed by atoms with van der Waals surface area (Å²) in [5.74, 6) is -1.03. The fraction of sp³-hybridized carbons (Fsp3) is 0.167. The van der Waals surface area contributed by atoms with E-state index in [0.717, 1.165) is 52.6 Å². The highest BCUT2D eigenvalue weighted by Crippen LogP contribution is 2.42. The number of carboxylic acids is 1. The normalized spacial score (nSPS) is 13.4. The van der Waals surface area contributed by atoms with Crippen molar-refractivity contribution < 1.29 is 31.5 Å². The molecule has 1 fully saturated rings. The number of benzene rings is 5. The standard InChI is InChI=1S/C42H36Cl2F3N5O4S3/c1-26-38(41(53)54)39(40(50(26)2)27-8-10-29(43)11-9-27)28-22-30(44)24-33(23-28)52-20-18-51(19-21-52)32-14-12-31(13-15-32)48-58-35-16-17-36(49-57-34-6-4-3-5-7-34)37(25-35)59(55,56)42(45,46)47/h3-17,22-25,48-49H,18-21H2,1-2H3,(H,53,54). The lowest BCUT2D eigenvalue weighted by molar-refractivity contribution is -0.0435. The SMILES string of the molecule is Cc1c(C(=O)O)c(-c2cc(Cl)cc(N3CCN(c4ccc(NSc5ccc(NSc6ccccc6)c(S(=O)(=O)C(F)(F)F)c5)cc4)CC3)c2)c(-c2ccc(Cl)cc2)n1C. The number of nitrogens with one attached hydrogen (secondary N) is 2. The van der Waals surface area contributed by atoms with Crippen LogP contribution in [0.3, 0.4) is 0 Å². The van der Waals surface area contributed by atoms with E-state index in [1.165, 1.54) is 6.07 Å². The van der Waals surface area contributed by atoms with Gasteiger partial charge in [-0.15, -0.1) is 0 Å². The number of sulfone groups is 1. The Kier molecular flexibility index (Phi) is 12.4. The van der Waals surface area contributed by atoms with Crippen LogP contribution in [0.5, 0.6) is 0 Å². The molecule has 0 aliphatic carbocycles. The van der Waals surface area contributed by atoms with Gasteiger partial charge in [0, 0.05) is 81.4 Å². The molecule has 0 spiro atoms. The van der Waals surface area contributed by atoms with Gasteiger partial charge in [0.15, 0.2) is 0 Å². The van der Waals surface area contributed by atoms with Crippen LogP contribution in [0.25, 0.3) is 22.4 Å². The number of alkyl halides is 3. The monoisotopic (exact) mass is 897 g/mol. The van der Waals surface area contributed by atoms with Gasteiger partial charge in [-0.05, 0) is 127 Å². The number of aromatic nitrogens is 1. The van der Waals surface area contributed by atoms with E-state index in [-0.39, 0.29) is 16.1 Å². The minimum Gasteiger partial charge on any atom is -0.478 e. The maximum Gasteiger partial charge on any atom is 0.501 e. The zero-order valence-electron chi connectivity index (χ0n) is 31.4. The van der Waals surface area contributed by atoms with Crippen molar-refractivity contribution in [3.8, 4) is 22.4 Å². The second kappa shape index (κ2) is 17.3. The summed E-state index contributed by atoms with van der Waals surface area (Å²) >= 11 is 14.9. The smallest absolute Gasteiger partial charge is 0.478 e. The van der Waals surface area contributed by atoms with Crippen LogP contribution in [0.15, 0.2) is 130 Å². The largest absolute Gasteiger partial charge is 0.501 e. The lowest BCUT2D eigenvalue weighted by Crippen LogP contribution is -2.46. The van der Waals surface area contributed by atoms with Crippen LogP contribution in [0, 0.1) is 6.92 Å². The molecule has 17 heteroatoms. The molecule has 1 aromatic heterocycles. The minimum absolute atomic E-state index is 0.178. The maximum absolute atomic E-state index is 13.7. The van der Waals surface area contributed by atoms with Gasteiger partial charge in [-0.3, -0.25) is 0 Å². The number of hydrogen-bond acceptors (Lipinski definition) is 9. The summed E-state index contributed by atoms with van der Waals surface area (Å²) in [5.41, 5.74) is 0.493. The highest BCUT2D eigenvalue weighted by molar-refractivity contribution is 8.01. The molecule has 5 aromatic carbocycles. The Balaban J connectivity index is 1.03. The van der Waals surface area contributed by atoms with E-state index in [1.54, 1.807) is 61.5 Å². The zero-order valence-corrected chi connectivity index (χ0v) is 35.4. The molecule has 1 aliphatic rings. The molecule has 0 atom stereocenters. The van der Waals surface area contributed by atoms with Crippen molar-refractivity contribution in [3.63, 3.8) is 0 Å². The molecule has 1 saturated heterocycles. The van der Waals surface area contributed by atoms with Crippen molar-refractivity contribution in [2.24, 2.45) is 7.05 Å². The Morgan fingerprint density at radius 2 is 1.36 bits per heavy atom. The van der Waals surface area contributed by atoms with Gasteiger partial charge in [0.2, 0.25) is 0 Å². The van der Waals surface area contributed by atoms with Gasteiger partial charge in [0.25, 0.3) is 9.84 Å². The summed E-state index contributed by atoms with van der Waals surface area (Å²) in [6.45, 7) is 4.48. The summed E-state index contributed by atoms with van der Waals surface area (Å²) in [6.07, 6.45) is 0. The van der Waals surface area contributed by atoms with Gasteiger partial charge in [-0.1, -0.05) is 53.5 Å². The van der Waals surface area contributed by atoms with Crippen molar-refractivity contribution in [2.45, 2.75) is 27.1 Å². The lowest BCUT2D eigenvalue weighted by Gasteiger charge is -2.37. The fourth-order valence-corrected chi connectivity index (χ4v) is 9.69. The Morgan fingerprint density at radius 1 is 0.729 bits per heavy atom. The first-order valence-corrected chi connectivity index (χ1v) is 21.9. The summed E-state index contributed by atoms with van der Waals surface area (Å²) in [7, 11) is -3.81. The van der Waals surface area contributed by atoms with Gasteiger partial charge in [0.05, 0.1) is 16.9 Å². The van der Waals surface area contributed by atoms with Gasteiger partial charge < -0.3 is 28.9 Å². The van der Waals surface area contributed by atoms with Crippen LogP contribution in [0.4, 0.5) is 35.9 Å². The van der Waals surface area contributed by atoms with Crippen molar-refractivity contribution in [1.82, 2.24) is 4.57 Å². The average Bonchev–Trinajstić information content (AvgIpc) is 3.49. The first kappa shape index (κ1) is 42.2. The van der Waals surface area contributed by atoms with Crippen molar-refractivity contribution in [1.29, 1.82) is 0 Å². The fourth-order valence-electron chi connectivity index (χ4n) is 6.87. The molecule has 3 N–H and O–H groups in total. The maximum atomic E-state index is 13.7. The van der Waals surface area contributed by atoms with E-state index >= 15 is 0 Å². The van der Waals surface area contributed by atoms with E-state index in [2.05, 4.69) is 19.2 Å². The van der Waals surface area contributed by atoms with E-state index in [0.29, 0.717) is 63.6 Å². The third-order valence-corrected chi connectivity index (χ3v) is 13.6. The molecule has 2 heterocycles. The molecule has 0 bridgehead atoms. The lowest BCUT2D eigenvalue weighted by atomic mass is 9.96.